The Balaban J connectivity index is 1.96. The van der Waals surface area contributed by atoms with Gasteiger partial charge in [-0.1, -0.05) is 0 Å². The van der Waals surface area contributed by atoms with Crippen LogP contribution in [-0.2, 0) is 12.8 Å². The number of rotatable bonds is 3. The zero-order valence-corrected chi connectivity index (χ0v) is 10.6. The molecule has 0 aromatic carbocycles. The summed E-state index contributed by atoms with van der Waals surface area (Å²) in [5, 5.41) is 0. The molecule has 0 radical (unpaired) electrons. The number of nitrogens with zero attached hydrogens (tertiary/aromatic N) is 1. The number of thiophene rings is 1. The van der Waals surface area contributed by atoms with Crippen LogP contribution in [0.4, 0.5) is 4.39 Å². The van der Waals surface area contributed by atoms with Gasteiger partial charge in [-0.3, -0.25) is 10.8 Å². The molecule has 1 unspecified atom stereocenters. The molecule has 1 atom stereocenters. The van der Waals surface area contributed by atoms with Crippen LogP contribution in [0.5, 0.6) is 0 Å². The lowest BCUT2D eigenvalue weighted by molar-refractivity contribution is 0.601. The van der Waals surface area contributed by atoms with Crippen LogP contribution in [0.2, 0.25) is 0 Å². The van der Waals surface area contributed by atoms with E-state index in [9.17, 15) is 4.39 Å². The molecule has 2 aromatic heterocycles. The highest BCUT2D eigenvalue weighted by Gasteiger charge is 2.21. The van der Waals surface area contributed by atoms with E-state index in [0.29, 0.717) is 0 Å². The fourth-order valence-electron chi connectivity index (χ4n) is 2.42. The van der Waals surface area contributed by atoms with Gasteiger partial charge < -0.3 is 0 Å². The summed E-state index contributed by atoms with van der Waals surface area (Å²) in [7, 11) is 0. The van der Waals surface area contributed by atoms with Crippen molar-refractivity contribution in [3.8, 4) is 0 Å². The molecule has 94 valence electrons. The van der Waals surface area contributed by atoms with E-state index in [-0.39, 0.29) is 11.9 Å². The molecule has 3 nitrogen and oxygen atoms in total. The molecular formula is C13H14FN3S. The molecule has 0 bridgehead atoms. The van der Waals surface area contributed by atoms with Gasteiger partial charge in [-0.15, -0.1) is 11.3 Å². The van der Waals surface area contributed by atoms with Crippen LogP contribution >= 0.6 is 11.3 Å². The topological polar surface area (TPSA) is 50.9 Å². The summed E-state index contributed by atoms with van der Waals surface area (Å²) in [6.45, 7) is 0. The molecule has 3 rings (SSSR count). The van der Waals surface area contributed by atoms with Crippen molar-refractivity contribution in [2.45, 2.75) is 25.3 Å². The number of hydrazine groups is 1. The molecule has 0 aliphatic heterocycles. The molecule has 3 N–H and O–H groups in total. The summed E-state index contributed by atoms with van der Waals surface area (Å²) in [5.41, 5.74) is 4.93. The first-order valence-electron chi connectivity index (χ1n) is 5.96. The van der Waals surface area contributed by atoms with Gasteiger partial charge in [0.25, 0.3) is 0 Å². The van der Waals surface area contributed by atoms with Gasteiger partial charge in [-0.05, 0) is 42.5 Å². The minimum Gasteiger partial charge on any atom is -0.271 e. The quantitative estimate of drug-likeness (QED) is 0.660. The molecule has 0 fully saturated rings. The van der Waals surface area contributed by atoms with E-state index in [2.05, 4.69) is 16.5 Å². The predicted molar refractivity (Wildman–Crippen MR) is 69.7 cm³/mol. The van der Waals surface area contributed by atoms with Crippen LogP contribution in [0.3, 0.4) is 0 Å². The number of hydrogen-bond acceptors (Lipinski definition) is 4. The molecule has 5 heteroatoms. The molecule has 2 heterocycles. The van der Waals surface area contributed by atoms with Gasteiger partial charge >= 0.3 is 0 Å². The van der Waals surface area contributed by atoms with Crippen LogP contribution in [0, 0.1) is 5.82 Å². The summed E-state index contributed by atoms with van der Waals surface area (Å²) in [5.74, 6) is 5.28. The van der Waals surface area contributed by atoms with Crippen LogP contribution in [-0.4, -0.2) is 4.98 Å². The molecular weight excluding hydrogens is 249 g/mol. The SMILES string of the molecule is NNC(c1cncc(F)c1)c1cc2c(s1)CCC2. The van der Waals surface area contributed by atoms with Gasteiger partial charge in [0.1, 0.15) is 5.82 Å². The molecule has 18 heavy (non-hydrogen) atoms. The number of hydrogen-bond donors (Lipinski definition) is 2. The average Bonchev–Trinajstić information content (AvgIpc) is 2.91. The van der Waals surface area contributed by atoms with E-state index >= 15 is 0 Å². The van der Waals surface area contributed by atoms with Gasteiger partial charge in [0.2, 0.25) is 0 Å². The van der Waals surface area contributed by atoms with Crippen molar-refractivity contribution in [1.29, 1.82) is 0 Å². The van der Waals surface area contributed by atoms with Crippen molar-refractivity contribution in [2.24, 2.45) is 5.84 Å². The minimum absolute atomic E-state index is 0.177. The number of nitrogens with two attached hydrogens (primary N) is 1. The lowest BCUT2D eigenvalue weighted by Crippen LogP contribution is -2.28. The number of nitrogens with one attached hydrogen (secondary N) is 1. The van der Waals surface area contributed by atoms with Gasteiger partial charge in [0.05, 0.1) is 12.2 Å². The Labute approximate surface area is 109 Å². The van der Waals surface area contributed by atoms with Crippen molar-refractivity contribution in [1.82, 2.24) is 10.4 Å². The zero-order chi connectivity index (χ0) is 12.5. The second-order valence-electron chi connectivity index (χ2n) is 4.49. The average molecular weight is 263 g/mol. The zero-order valence-electron chi connectivity index (χ0n) is 9.82. The van der Waals surface area contributed by atoms with Crippen molar-refractivity contribution in [3.05, 3.63) is 51.2 Å². The number of aromatic nitrogens is 1. The lowest BCUT2D eigenvalue weighted by atomic mass is 10.1. The molecule has 1 aliphatic carbocycles. The monoisotopic (exact) mass is 263 g/mol. The van der Waals surface area contributed by atoms with Crippen molar-refractivity contribution in [3.63, 3.8) is 0 Å². The molecule has 1 aliphatic rings. The molecule has 0 saturated carbocycles. The summed E-state index contributed by atoms with van der Waals surface area (Å²) >= 11 is 1.76. The van der Waals surface area contributed by atoms with E-state index in [1.807, 2.05) is 0 Å². The Kier molecular flexibility index (Phi) is 3.11. The first-order chi connectivity index (χ1) is 8.78. The Morgan fingerprint density at radius 1 is 1.33 bits per heavy atom. The highest BCUT2D eigenvalue weighted by atomic mass is 32.1. The van der Waals surface area contributed by atoms with E-state index in [0.717, 1.165) is 23.3 Å². The number of pyridine rings is 1. The lowest BCUT2D eigenvalue weighted by Gasteiger charge is -2.14. The van der Waals surface area contributed by atoms with Crippen LogP contribution in [0.15, 0.2) is 24.5 Å². The number of aryl methyl sites for hydroxylation is 2. The molecule has 2 aromatic rings. The van der Waals surface area contributed by atoms with Crippen molar-refractivity contribution in [2.75, 3.05) is 0 Å². The first kappa shape index (κ1) is 11.8. The Morgan fingerprint density at radius 3 is 2.94 bits per heavy atom. The van der Waals surface area contributed by atoms with E-state index in [1.54, 1.807) is 17.5 Å². The normalized spacial score (nSPS) is 15.7. The largest absolute Gasteiger partial charge is 0.271 e. The molecule has 0 spiro atoms. The summed E-state index contributed by atoms with van der Waals surface area (Å²) in [6.07, 6.45) is 6.39. The van der Waals surface area contributed by atoms with Gasteiger partial charge in [-0.25, -0.2) is 9.82 Å². The Morgan fingerprint density at radius 2 is 2.22 bits per heavy atom. The smallest absolute Gasteiger partial charge is 0.141 e. The van der Waals surface area contributed by atoms with Gasteiger partial charge in [0, 0.05) is 16.0 Å². The van der Waals surface area contributed by atoms with Gasteiger partial charge in [-0.2, -0.15) is 0 Å². The summed E-state index contributed by atoms with van der Waals surface area (Å²) < 4.78 is 13.2. The summed E-state index contributed by atoms with van der Waals surface area (Å²) in [6, 6.07) is 3.48. The van der Waals surface area contributed by atoms with Crippen LogP contribution < -0.4 is 11.3 Å². The summed E-state index contributed by atoms with van der Waals surface area (Å²) in [4.78, 5) is 6.45. The van der Waals surface area contributed by atoms with Gasteiger partial charge in [0.15, 0.2) is 0 Å². The van der Waals surface area contributed by atoms with E-state index in [4.69, 9.17) is 5.84 Å². The minimum atomic E-state index is -0.336. The van der Waals surface area contributed by atoms with Crippen LogP contribution in [0.25, 0.3) is 0 Å². The van der Waals surface area contributed by atoms with E-state index in [1.165, 1.54) is 29.1 Å². The maximum absolute atomic E-state index is 13.2. The number of halogens is 1. The third kappa shape index (κ3) is 2.05. The highest BCUT2D eigenvalue weighted by molar-refractivity contribution is 7.12. The fraction of sp³-hybridized carbons (Fsp3) is 0.308. The second-order valence-corrected chi connectivity index (χ2v) is 5.66. The Bertz CT molecular complexity index is 546. The number of fused-ring (bicyclic) bond motifs is 1. The molecule has 0 saturated heterocycles. The fourth-order valence-corrected chi connectivity index (χ4v) is 3.77. The van der Waals surface area contributed by atoms with Crippen molar-refractivity contribution < 1.29 is 4.39 Å². The Hall–Kier alpha value is -1.30. The molecule has 0 amide bonds. The maximum atomic E-state index is 13.2. The predicted octanol–water partition coefficient (Wildman–Crippen LogP) is 2.32. The second kappa shape index (κ2) is 4.76. The third-order valence-electron chi connectivity index (χ3n) is 3.28. The van der Waals surface area contributed by atoms with E-state index < -0.39 is 0 Å². The highest BCUT2D eigenvalue weighted by Crippen LogP contribution is 2.35. The maximum Gasteiger partial charge on any atom is 0.141 e. The first-order valence-corrected chi connectivity index (χ1v) is 6.77. The van der Waals surface area contributed by atoms with Crippen LogP contribution in [0.1, 0.15) is 33.3 Å². The standard InChI is InChI=1S/C13H14FN3S/c14-10-4-9(6-16-7-10)13(17-15)12-5-8-2-1-3-11(8)18-12/h4-7,13,17H,1-3,15H2. The van der Waals surface area contributed by atoms with Crippen molar-refractivity contribution >= 4 is 11.3 Å². The third-order valence-corrected chi connectivity index (χ3v) is 4.58.